The molecule has 0 spiro atoms. The highest BCUT2D eigenvalue weighted by molar-refractivity contribution is 9.10. The summed E-state index contributed by atoms with van der Waals surface area (Å²) >= 11 is 6.97. The molecule has 0 radical (unpaired) electrons. The van der Waals surface area contributed by atoms with Crippen LogP contribution < -0.4 is 10.2 Å². The van der Waals surface area contributed by atoms with Crippen molar-refractivity contribution in [2.24, 2.45) is 5.10 Å². The van der Waals surface area contributed by atoms with E-state index in [-0.39, 0.29) is 5.91 Å². The molecular weight excluding hydrogens is 498 g/mol. The van der Waals surface area contributed by atoms with Crippen LogP contribution >= 0.6 is 31.9 Å². The molecule has 0 saturated heterocycles. The van der Waals surface area contributed by atoms with Gasteiger partial charge in [-0.15, -0.1) is 0 Å². The van der Waals surface area contributed by atoms with E-state index in [0.29, 0.717) is 11.3 Å². The number of nitrogens with zero attached hydrogens (tertiary/aromatic N) is 2. The van der Waals surface area contributed by atoms with E-state index < -0.39 is 0 Å². The van der Waals surface area contributed by atoms with Gasteiger partial charge in [-0.25, -0.2) is 5.43 Å². The Bertz CT molecular complexity index is 1100. The zero-order valence-electron chi connectivity index (χ0n) is 16.6. The Balaban J connectivity index is 1.82. The summed E-state index contributed by atoms with van der Waals surface area (Å²) in [5, 5.41) is 4.15. The molecule has 0 bridgehead atoms. The van der Waals surface area contributed by atoms with E-state index in [2.05, 4.69) is 72.1 Å². The number of benzene rings is 2. The number of hydrogen-bond donors (Lipinski definition) is 1. The number of aryl methyl sites for hydroxylation is 2. The van der Waals surface area contributed by atoms with Crippen molar-refractivity contribution in [3.05, 3.63) is 79.5 Å². The summed E-state index contributed by atoms with van der Waals surface area (Å²) in [5.41, 5.74) is 8.29. The van der Waals surface area contributed by atoms with Gasteiger partial charge in [-0.2, -0.15) is 5.10 Å². The SMILES string of the molecule is COc1ccc(Br)cc1C(=O)N/N=C\c1cc(C)n(-c2ccc(C)c(Br)c2)c1C. The van der Waals surface area contributed by atoms with Gasteiger partial charge in [0.2, 0.25) is 0 Å². The zero-order chi connectivity index (χ0) is 21.1. The first-order valence-electron chi connectivity index (χ1n) is 8.94. The van der Waals surface area contributed by atoms with E-state index in [1.54, 1.807) is 18.3 Å². The molecule has 29 heavy (non-hydrogen) atoms. The smallest absolute Gasteiger partial charge is 0.275 e. The summed E-state index contributed by atoms with van der Waals surface area (Å²) in [6.45, 7) is 6.13. The summed E-state index contributed by atoms with van der Waals surface area (Å²) in [4.78, 5) is 12.5. The van der Waals surface area contributed by atoms with Crippen LogP contribution in [0.4, 0.5) is 0 Å². The van der Waals surface area contributed by atoms with Crippen LogP contribution in [0.1, 0.15) is 32.9 Å². The van der Waals surface area contributed by atoms with E-state index >= 15 is 0 Å². The van der Waals surface area contributed by atoms with Gasteiger partial charge in [0.05, 0.1) is 18.9 Å². The third-order valence-corrected chi connectivity index (χ3v) is 6.01. The largest absolute Gasteiger partial charge is 0.496 e. The molecule has 0 aliphatic rings. The Morgan fingerprint density at radius 1 is 1.10 bits per heavy atom. The molecule has 1 N–H and O–H groups in total. The summed E-state index contributed by atoms with van der Waals surface area (Å²) in [6, 6.07) is 13.5. The van der Waals surface area contributed by atoms with E-state index in [1.165, 1.54) is 12.7 Å². The molecule has 7 heteroatoms. The van der Waals surface area contributed by atoms with E-state index in [0.717, 1.165) is 31.6 Å². The maximum absolute atomic E-state index is 12.5. The maximum Gasteiger partial charge on any atom is 0.275 e. The summed E-state index contributed by atoms with van der Waals surface area (Å²) in [6.07, 6.45) is 1.66. The van der Waals surface area contributed by atoms with Gasteiger partial charge < -0.3 is 9.30 Å². The molecule has 1 amide bonds. The van der Waals surface area contributed by atoms with Gasteiger partial charge in [-0.05, 0) is 62.7 Å². The quantitative estimate of drug-likeness (QED) is 0.348. The first-order valence-corrected chi connectivity index (χ1v) is 10.5. The first kappa shape index (κ1) is 21.3. The summed E-state index contributed by atoms with van der Waals surface area (Å²) < 4.78 is 9.26. The molecule has 3 rings (SSSR count). The Labute approximate surface area is 187 Å². The molecule has 0 fully saturated rings. The fourth-order valence-corrected chi connectivity index (χ4v) is 3.84. The van der Waals surface area contributed by atoms with Crippen LogP contribution in [0.2, 0.25) is 0 Å². The molecule has 1 heterocycles. The lowest BCUT2D eigenvalue weighted by Gasteiger charge is -2.11. The Hall–Kier alpha value is -2.38. The molecular formula is C22H21Br2N3O2. The lowest BCUT2D eigenvalue weighted by molar-refractivity contribution is 0.0952. The lowest BCUT2D eigenvalue weighted by Crippen LogP contribution is -2.18. The highest BCUT2D eigenvalue weighted by Gasteiger charge is 2.13. The molecule has 5 nitrogen and oxygen atoms in total. The predicted octanol–water partition coefficient (Wildman–Crippen LogP) is 5.70. The molecule has 150 valence electrons. The number of halogens is 2. The van der Waals surface area contributed by atoms with Crippen molar-refractivity contribution in [1.82, 2.24) is 9.99 Å². The number of hydrazone groups is 1. The predicted molar refractivity (Wildman–Crippen MR) is 123 cm³/mol. The second-order valence-corrected chi connectivity index (χ2v) is 8.41. The molecule has 3 aromatic rings. The third-order valence-electron chi connectivity index (χ3n) is 4.66. The van der Waals surface area contributed by atoms with Gasteiger partial charge in [0.1, 0.15) is 5.75 Å². The summed E-state index contributed by atoms with van der Waals surface area (Å²) in [7, 11) is 1.53. The van der Waals surface area contributed by atoms with Crippen LogP contribution in [0.3, 0.4) is 0 Å². The minimum Gasteiger partial charge on any atom is -0.496 e. The molecule has 0 atom stereocenters. The molecule has 2 aromatic carbocycles. The van der Waals surface area contributed by atoms with Gasteiger partial charge in [-0.3, -0.25) is 4.79 Å². The average Bonchev–Trinajstić information content (AvgIpc) is 2.97. The lowest BCUT2D eigenvalue weighted by atomic mass is 10.2. The number of aromatic nitrogens is 1. The standard InChI is InChI=1S/C22H21Br2N3O2/c1-13-5-7-18(11-20(13)24)27-14(2)9-16(15(27)3)12-25-26-22(28)19-10-17(23)6-8-21(19)29-4/h5-12H,1-4H3,(H,26,28)/b25-12-. The van der Waals surface area contributed by atoms with Crippen molar-refractivity contribution < 1.29 is 9.53 Å². The second kappa shape index (κ2) is 8.97. The molecule has 0 unspecified atom stereocenters. The highest BCUT2D eigenvalue weighted by atomic mass is 79.9. The fraction of sp³-hybridized carbons (Fsp3) is 0.182. The van der Waals surface area contributed by atoms with Crippen LogP contribution in [0.25, 0.3) is 5.69 Å². The van der Waals surface area contributed by atoms with Crippen LogP contribution in [0, 0.1) is 20.8 Å². The fourth-order valence-electron chi connectivity index (χ4n) is 3.11. The Kier molecular flexibility index (Phi) is 6.59. The van der Waals surface area contributed by atoms with Crippen LogP contribution in [-0.2, 0) is 0 Å². The summed E-state index contributed by atoms with van der Waals surface area (Å²) in [5.74, 6) is 0.152. The van der Waals surface area contributed by atoms with Gasteiger partial charge in [-0.1, -0.05) is 37.9 Å². The van der Waals surface area contributed by atoms with Gasteiger partial charge in [0.15, 0.2) is 0 Å². The van der Waals surface area contributed by atoms with Crippen molar-refractivity contribution in [3.63, 3.8) is 0 Å². The maximum atomic E-state index is 12.5. The number of methoxy groups -OCH3 is 1. The number of hydrogen-bond acceptors (Lipinski definition) is 3. The number of rotatable bonds is 5. The van der Waals surface area contributed by atoms with Crippen molar-refractivity contribution in [2.45, 2.75) is 20.8 Å². The van der Waals surface area contributed by atoms with Crippen LogP contribution in [0.15, 0.2) is 56.5 Å². The van der Waals surface area contributed by atoms with Gasteiger partial charge in [0.25, 0.3) is 5.91 Å². The molecule has 0 aliphatic heterocycles. The van der Waals surface area contributed by atoms with Gasteiger partial charge in [0, 0.05) is 31.6 Å². The topological polar surface area (TPSA) is 55.6 Å². The molecule has 1 aromatic heterocycles. The van der Waals surface area contributed by atoms with E-state index in [4.69, 9.17) is 4.74 Å². The first-order chi connectivity index (χ1) is 13.8. The van der Waals surface area contributed by atoms with Crippen molar-refractivity contribution in [3.8, 4) is 11.4 Å². The van der Waals surface area contributed by atoms with E-state index in [9.17, 15) is 4.79 Å². The normalized spacial score (nSPS) is 11.1. The number of carbonyl (C=O) groups excluding carboxylic acids is 1. The van der Waals surface area contributed by atoms with Gasteiger partial charge >= 0.3 is 0 Å². The van der Waals surface area contributed by atoms with Crippen molar-refractivity contribution >= 4 is 44.0 Å². The Morgan fingerprint density at radius 2 is 1.86 bits per heavy atom. The number of amides is 1. The highest BCUT2D eigenvalue weighted by Crippen LogP contribution is 2.25. The van der Waals surface area contributed by atoms with Crippen LogP contribution in [-0.4, -0.2) is 23.8 Å². The second-order valence-electron chi connectivity index (χ2n) is 6.64. The third kappa shape index (κ3) is 4.62. The number of ether oxygens (including phenoxy) is 1. The van der Waals surface area contributed by atoms with E-state index in [1.807, 2.05) is 26.0 Å². The molecule has 0 aliphatic carbocycles. The minimum absolute atomic E-state index is 0.337. The monoisotopic (exact) mass is 517 g/mol. The van der Waals surface area contributed by atoms with Crippen molar-refractivity contribution in [2.75, 3.05) is 7.11 Å². The average molecular weight is 519 g/mol. The molecule has 0 saturated carbocycles. The Morgan fingerprint density at radius 3 is 2.55 bits per heavy atom. The zero-order valence-corrected chi connectivity index (χ0v) is 19.8. The van der Waals surface area contributed by atoms with Crippen molar-refractivity contribution in [1.29, 1.82) is 0 Å². The van der Waals surface area contributed by atoms with Crippen LogP contribution in [0.5, 0.6) is 5.75 Å². The number of nitrogens with one attached hydrogen (secondary N) is 1. The number of carbonyl (C=O) groups is 1. The minimum atomic E-state index is -0.337.